The van der Waals surface area contributed by atoms with Crippen LogP contribution in [-0.4, -0.2) is 27.3 Å². The SMILES string of the molecule is Cn1cnnc1CNC(=O)COc1ccccc1C(F)(F)F. The van der Waals surface area contributed by atoms with Gasteiger partial charge in [0.05, 0.1) is 12.1 Å². The smallest absolute Gasteiger partial charge is 0.419 e. The molecule has 0 spiro atoms. The number of aryl methyl sites for hydroxylation is 1. The minimum absolute atomic E-state index is 0.111. The molecule has 6 nitrogen and oxygen atoms in total. The molecule has 0 aliphatic carbocycles. The molecular weight excluding hydrogens is 301 g/mol. The molecule has 0 radical (unpaired) electrons. The molecule has 0 aliphatic rings. The number of aromatic nitrogens is 3. The van der Waals surface area contributed by atoms with Crippen LogP contribution in [-0.2, 0) is 24.6 Å². The van der Waals surface area contributed by atoms with Gasteiger partial charge in [-0.25, -0.2) is 0 Å². The molecule has 9 heteroatoms. The van der Waals surface area contributed by atoms with Crippen LogP contribution >= 0.6 is 0 Å². The molecule has 2 rings (SSSR count). The first-order chi connectivity index (χ1) is 10.4. The van der Waals surface area contributed by atoms with Crippen molar-refractivity contribution in [3.63, 3.8) is 0 Å². The quantitative estimate of drug-likeness (QED) is 0.909. The first-order valence-electron chi connectivity index (χ1n) is 6.26. The number of carbonyl (C=O) groups excluding carboxylic acids is 1. The molecule has 22 heavy (non-hydrogen) atoms. The highest BCUT2D eigenvalue weighted by Gasteiger charge is 2.34. The van der Waals surface area contributed by atoms with Crippen molar-refractivity contribution in [3.05, 3.63) is 42.0 Å². The summed E-state index contributed by atoms with van der Waals surface area (Å²) in [6, 6.07) is 4.72. The van der Waals surface area contributed by atoms with Crippen molar-refractivity contribution in [1.82, 2.24) is 20.1 Å². The summed E-state index contributed by atoms with van der Waals surface area (Å²) in [6.07, 6.45) is -3.07. The second kappa shape index (κ2) is 6.46. The van der Waals surface area contributed by atoms with Crippen LogP contribution in [0.3, 0.4) is 0 Å². The second-order valence-corrected chi connectivity index (χ2v) is 4.42. The molecule has 1 amide bonds. The standard InChI is InChI=1S/C13H13F3N4O2/c1-20-8-18-19-11(20)6-17-12(21)7-22-10-5-3-2-4-9(10)13(14,15)16/h2-5,8H,6-7H2,1H3,(H,17,21). The van der Waals surface area contributed by atoms with Gasteiger partial charge in [0.2, 0.25) is 0 Å². The minimum atomic E-state index is -4.54. The van der Waals surface area contributed by atoms with E-state index in [-0.39, 0.29) is 12.3 Å². The van der Waals surface area contributed by atoms with Crippen LogP contribution in [0.2, 0.25) is 0 Å². The number of rotatable bonds is 5. The zero-order valence-electron chi connectivity index (χ0n) is 11.6. The van der Waals surface area contributed by atoms with Crippen molar-refractivity contribution in [2.45, 2.75) is 12.7 Å². The fraction of sp³-hybridized carbons (Fsp3) is 0.308. The summed E-state index contributed by atoms with van der Waals surface area (Å²) in [5.41, 5.74) is -0.920. The van der Waals surface area contributed by atoms with Gasteiger partial charge in [-0.1, -0.05) is 12.1 Å². The van der Waals surface area contributed by atoms with Crippen LogP contribution < -0.4 is 10.1 Å². The molecule has 0 bridgehead atoms. The summed E-state index contributed by atoms with van der Waals surface area (Å²) in [7, 11) is 1.71. The van der Waals surface area contributed by atoms with Gasteiger partial charge in [0.15, 0.2) is 12.4 Å². The van der Waals surface area contributed by atoms with Gasteiger partial charge in [-0.3, -0.25) is 4.79 Å². The third-order valence-electron chi connectivity index (χ3n) is 2.80. The van der Waals surface area contributed by atoms with Crippen LogP contribution in [0.4, 0.5) is 13.2 Å². The second-order valence-electron chi connectivity index (χ2n) is 4.42. The Morgan fingerprint density at radius 3 is 2.73 bits per heavy atom. The van der Waals surface area contributed by atoms with E-state index in [1.54, 1.807) is 11.6 Å². The molecule has 1 aromatic carbocycles. The van der Waals surface area contributed by atoms with Gasteiger partial charge in [0.1, 0.15) is 12.1 Å². The van der Waals surface area contributed by atoms with Crippen LogP contribution in [0.5, 0.6) is 5.75 Å². The lowest BCUT2D eigenvalue weighted by atomic mass is 10.2. The largest absolute Gasteiger partial charge is 0.483 e. The van der Waals surface area contributed by atoms with Crippen LogP contribution in [0.15, 0.2) is 30.6 Å². The van der Waals surface area contributed by atoms with Crippen molar-refractivity contribution < 1.29 is 22.7 Å². The number of hydrogen-bond acceptors (Lipinski definition) is 4. The minimum Gasteiger partial charge on any atom is -0.483 e. The summed E-state index contributed by atoms with van der Waals surface area (Å²) >= 11 is 0. The number of amides is 1. The van der Waals surface area contributed by atoms with Crippen molar-refractivity contribution in [1.29, 1.82) is 0 Å². The first kappa shape index (κ1) is 15.8. The number of ether oxygens (including phenoxy) is 1. The molecule has 0 saturated carbocycles. The molecule has 0 unspecified atom stereocenters. The van der Waals surface area contributed by atoms with E-state index in [1.807, 2.05) is 0 Å². The van der Waals surface area contributed by atoms with E-state index in [1.165, 1.54) is 24.5 Å². The lowest BCUT2D eigenvalue weighted by molar-refractivity contribution is -0.139. The zero-order valence-corrected chi connectivity index (χ0v) is 11.6. The van der Waals surface area contributed by atoms with E-state index in [2.05, 4.69) is 15.5 Å². The molecule has 1 heterocycles. The average Bonchev–Trinajstić information content (AvgIpc) is 2.87. The fourth-order valence-corrected chi connectivity index (χ4v) is 1.67. The van der Waals surface area contributed by atoms with Gasteiger partial charge in [-0.05, 0) is 12.1 Å². The number of halogens is 3. The topological polar surface area (TPSA) is 69.0 Å². The Morgan fingerprint density at radius 1 is 1.36 bits per heavy atom. The number of benzene rings is 1. The Hall–Kier alpha value is -2.58. The maximum atomic E-state index is 12.8. The normalized spacial score (nSPS) is 11.3. The first-order valence-corrected chi connectivity index (χ1v) is 6.26. The number of nitrogens with one attached hydrogen (secondary N) is 1. The monoisotopic (exact) mass is 314 g/mol. The molecule has 0 saturated heterocycles. The third kappa shape index (κ3) is 3.96. The van der Waals surface area contributed by atoms with Gasteiger partial charge in [-0.15, -0.1) is 10.2 Å². The van der Waals surface area contributed by atoms with E-state index < -0.39 is 24.3 Å². The van der Waals surface area contributed by atoms with Gasteiger partial charge in [0, 0.05) is 7.05 Å². The average molecular weight is 314 g/mol. The van der Waals surface area contributed by atoms with Gasteiger partial charge >= 0.3 is 6.18 Å². The Kier molecular flexibility index (Phi) is 4.64. The zero-order chi connectivity index (χ0) is 16.2. The highest BCUT2D eigenvalue weighted by atomic mass is 19.4. The third-order valence-corrected chi connectivity index (χ3v) is 2.80. The summed E-state index contributed by atoms with van der Waals surface area (Å²) in [5, 5.41) is 9.88. The maximum Gasteiger partial charge on any atom is 0.419 e. The number of nitrogens with zero attached hydrogens (tertiary/aromatic N) is 3. The molecule has 0 fully saturated rings. The number of para-hydroxylation sites is 1. The summed E-state index contributed by atoms with van der Waals surface area (Å²) in [5.74, 6) is -0.423. The Balaban J connectivity index is 1.90. The van der Waals surface area contributed by atoms with Crippen LogP contribution in [0.25, 0.3) is 0 Å². The predicted molar refractivity (Wildman–Crippen MR) is 69.8 cm³/mol. The highest BCUT2D eigenvalue weighted by molar-refractivity contribution is 5.77. The Bertz CT molecular complexity index is 655. The van der Waals surface area contributed by atoms with Crippen LogP contribution in [0.1, 0.15) is 11.4 Å². The summed E-state index contributed by atoms with van der Waals surface area (Å²) < 4.78 is 44.8. The van der Waals surface area contributed by atoms with E-state index >= 15 is 0 Å². The van der Waals surface area contributed by atoms with E-state index in [4.69, 9.17) is 4.74 Å². The van der Waals surface area contributed by atoms with Crippen molar-refractivity contribution in [2.75, 3.05) is 6.61 Å². The molecule has 0 aliphatic heterocycles. The van der Waals surface area contributed by atoms with Gasteiger partial charge in [0.25, 0.3) is 5.91 Å². The Morgan fingerprint density at radius 2 is 2.09 bits per heavy atom. The Labute approximate surface area is 123 Å². The molecule has 0 atom stereocenters. The van der Waals surface area contributed by atoms with E-state index in [9.17, 15) is 18.0 Å². The highest BCUT2D eigenvalue weighted by Crippen LogP contribution is 2.35. The van der Waals surface area contributed by atoms with Crippen molar-refractivity contribution >= 4 is 5.91 Å². The number of carbonyl (C=O) groups is 1. The molecular formula is C13H13F3N4O2. The number of hydrogen-bond donors (Lipinski definition) is 1. The molecule has 2 aromatic rings. The van der Waals surface area contributed by atoms with Crippen LogP contribution in [0, 0.1) is 0 Å². The lowest BCUT2D eigenvalue weighted by Crippen LogP contribution is -2.29. The fourth-order valence-electron chi connectivity index (χ4n) is 1.67. The predicted octanol–water partition coefficient (Wildman–Crippen LogP) is 1.53. The lowest BCUT2D eigenvalue weighted by Gasteiger charge is -2.13. The maximum absolute atomic E-state index is 12.8. The van der Waals surface area contributed by atoms with E-state index in [0.717, 1.165) is 6.07 Å². The van der Waals surface area contributed by atoms with E-state index in [0.29, 0.717) is 5.82 Å². The van der Waals surface area contributed by atoms with Crippen molar-refractivity contribution in [3.8, 4) is 5.75 Å². The van der Waals surface area contributed by atoms with Crippen molar-refractivity contribution in [2.24, 2.45) is 7.05 Å². The molecule has 118 valence electrons. The number of alkyl halides is 3. The van der Waals surface area contributed by atoms with Gasteiger partial charge < -0.3 is 14.6 Å². The van der Waals surface area contributed by atoms with Gasteiger partial charge in [-0.2, -0.15) is 13.2 Å². The molecule has 1 aromatic heterocycles. The summed E-state index contributed by atoms with van der Waals surface area (Å²) in [4.78, 5) is 11.6. The molecule has 1 N–H and O–H groups in total. The summed E-state index contributed by atoms with van der Waals surface area (Å²) in [6.45, 7) is -0.412.